The highest BCUT2D eigenvalue weighted by Gasteiger charge is 2.20. The first-order chi connectivity index (χ1) is 9.22. The molecule has 3 nitrogen and oxygen atoms in total. The van der Waals surface area contributed by atoms with Gasteiger partial charge < -0.3 is 9.47 Å². The van der Waals surface area contributed by atoms with Gasteiger partial charge in [-0.05, 0) is 44.5 Å². The molecule has 0 spiro atoms. The number of piperidine rings is 1. The summed E-state index contributed by atoms with van der Waals surface area (Å²) in [6, 6.07) is 6.17. The maximum Gasteiger partial charge on any atom is 0.123 e. The Morgan fingerprint density at radius 1 is 1.42 bits per heavy atom. The Balaban J connectivity index is 2.01. The van der Waals surface area contributed by atoms with Gasteiger partial charge in [0.05, 0.1) is 13.2 Å². The lowest BCUT2D eigenvalue weighted by Gasteiger charge is -2.32. The van der Waals surface area contributed by atoms with Crippen LogP contribution in [0.2, 0.25) is 0 Å². The van der Waals surface area contributed by atoms with E-state index in [1.807, 2.05) is 12.1 Å². The van der Waals surface area contributed by atoms with Crippen LogP contribution in [0.1, 0.15) is 25.3 Å². The van der Waals surface area contributed by atoms with Gasteiger partial charge in [0.25, 0.3) is 0 Å². The zero-order valence-corrected chi connectivity index (χ0v) is 13.3. The van der Waals surface area contributed by atoms with Gasteiger partial charge in [-0.3, -0.25) is 4.90 Å². The fourth-order valence-corrected chi connectivity index (χ4v) is 3.05. The van der Waals surface area contributed by atoms with Gasteiger partial charge in [0.1, 0.15) is 5.75 Å². The summed E-state index contributed by atoms with van der Waals surface area (Å²) in [4.78, 5) is 2.45. The lowest BCUT2D eigenvalue weighted by atomic mass is 10.1. The maximum atomic E-state index is 5.75. The minimum absolute atomic E-state index is 0.386. The van der Waals surface area contributed by atoms with Crippen molar-refractivity contribution in [3.05, 3.63) is 28.2 Å². The number of hydrogen-bond donors (Lipinski definition) is 0. The van der Waals surface area contributed by atoms with E-state index >= 15 is 0 Å². The number of rotatable bonds is 5. The molecule has 2 rings (SSSR count). The topological polar surface area (TPSA) is 21.7 Å². The molecule has 106 valence electrons. The van der Waals surface area contributed by atoms with Crippen LogP contribution >= 0.6 is 15.9 Å². The van der Waals surface area contributed by atoms with Gasteiger partial charge >= 0.3 is 0 Å². The van der Waals surface area contributed by atoms with Crippen LogP contribution in [-0.4, -0.2) is 37.8 Å². The molecule has 0 radical (unpaired) electrons. The van der Waals surface area contributed by atoms with Crippen LogP contribution in [-0.2, 0) is 11.3 Å². The van der Waals surface area contributed by atoms with E-state index < -0.39 is 0 Å². The lowest BCUT2D eigenvalue weighted by Crippen LogP contribution is -2.39. The second kappa shape index (κ2) is 7.27. The molecule has 0 saturated carbocycles. The summed E-state index contributed by atoms with van der Waals surface area (Å²) in [5.41, 5.74) is 1.23. The van der Waals surface area contributed by atoms with E-state index in [0.29, 0.717) is 6.10 Å². The molecule has 0 N–H and O–H groups in total. The van der Waals surface area contributed by atoms with E-state index in [9.17, 15) is 0 Å². The molecule has 1 aliphatic rings. The highest BCUT2D eigenvalue weighted by molar-refractivity contribution is 9.10. The normalized spacial score (nSPS) is 20.5. The Morgan fingerprint density at radius 3 is 3.00 bits per heavy atom. The fraction of sp³-hybridized carbons (Fsp3) is 0.600. The third-order valence-electron chi connectivity index (χ3n) is 3.50. The summed E-state index contributed by atoms with van der Waals surface area (Å²) in [7, 11) is 1.73. The van der Waals surface area contributed by atoms with E-state index in [1.54, 1.807) is 7.11 Å². The van der Waals surface area contributed by atoms with Crippen molar-refractivity contribution >= 4 is 15.9 Å². The Hall–Kier alpha value is -0.580. The van der Waals surface area contributed by atoms with Crippen LogP contribution in [0.3, 0.4) is 0 Å². The van der Waals surface area contributed by atoms with E-state index in [2.05, 4.69) is 33.8 Å². The van der Waals surface area contributed by atoms with Crippen LogP contribution < -0.4 is 4.74 Å². The number of halogens is 1. The molecule has 1 aliphatic heterocycles. The van der Waals surface area contributed by atoms with Gasteiger partial charge in [-0.1, -0.05) is 15.9 Å². The third kappa shape index (κ3) is 4.20. The summed E-state index contributed by atoms with van der Waals surface area (Å²) in [5.74, 6) is 0.960. The molecular formula is C15H22BrNO2. The zero-order chi connectivity index (χ0) is 13.7. The molecule has 19 heavy (non-hydrogen) atoms. The minimum atomic E-state index is 0.386. The zero-order valence-electron chi connectivity index (χ0n) is 11.7. The standard InChI is InChI=1S/C15H22BrNO2/c1-3-19-14-5-4-8-17(11-14)10-12-9-13(16)6-7-15(12)18-2/h6-7,9,14H,3-5,8,10-11H2,1-2H3. The molecule has 0 bridgehead atoms. The molecule has 1 aromatic rings. The molecule has 1 heterocycles. The average molecular weight is 328 g/mol. The van der Waals surface area contributed by atoms with Gasteiger partial charge in [0.15, 0.2) is 0 Å². The molecule has 0 aliphatic carbocycles. The number of ether oxygens (including phenoxy) is 2. The van der Waals surface area contributed by atoms with Gasteiger partial charge in [-0.15, -0.1) is 0 Å². The van der Waals surface area contributed by atoms with Crippen LogP contribution in [0.15, 0.2) is 22.7 Å². The van der Waals surface area contributed by atoms with Gasteiger partial charge in [-0.25, -0.2) is 0 Å². The van der Waals surface area contributed by atoms with E-state index in [4.69, 9.17) is 9.47 Å². The van der Waals surface area contributed by atoms with Crippen molar-refractivity contribution in [2.75, 3.05) is 26.8 Å². The van der Waals surface area contributed by atoms with Crippen LogP contribution in [0.4, 0.5) is 0 Å². The van der Waals surface area contributed by atoms with Crippen LogP contribution in [0.5, 0.6) is 5.75 Å². The first-order valence-electron chi connectivity index (χ1n) is 6.89. The largest absolute Gasteiger partial charge is 0.496 e. The summed E-state index contributed by atoms with van der Waals surface area (Å²) in [6.45, 7) is 5.95. The summed E-state index contributed by atoms with van der Waals surface area (Å²) in [6.07, 6.45) is 2.78. The molecule has 1 atom stereocenters. The molecule has 1 fully saturated rings. The Labute approximate surface area is 124 Å². The monoisotopic (exact) mass is 327 g/mol. The third-order valence-corrected chi connectivity index (χ3v) is 3.99. The molecule has 1 unspecified atom stereocenters. The van der Waals surface area contributed by atoms with Crippen molar-refractivity contribution in [3.63, 3.8) is 0 Å². The van der Waals surface area contributed by atoms with Gasteiger partial charge in [0, 0.05) is 29.7 Å². The van der Waals surface area contributed by atoms with Crippen molar-refractivity contribution < 1.29 is 9.47 Å². The predicted octanol–water partition coefficient (Wildman–Crippen LogP) is 3.46. The SMILES string of the molecule is CCOC1CCCN(Cc2cc(Br)ccc2OC)C1. The number of likely N-dealkylation sites (tertiary alicyclic amines) is 1. The maximum absolute atomic E-state index is 5.75. The molecule has 0 aromatic heterocycles. The smallest absolute Gasteiger partial charge is 0.123 e. The first kappa shape index (κ1) is 14.8. The summed E-state index contributed by atoms with van der Waals surface area (Å²) < 4.78 is 12.3. The van der Waals surface area contributed by atoms with Crippen molar-refractivity contribution in [1.82, 2.24) is 4.90 Å². The molecule has 1 aromatic carbocycles. The number of hydrogen-bond acceptors (Lipinski definition) is 3. The molecular weight excluding hydrogens is 306 g/mol. The minimum Gasteiger partial charge on any atom is -0.496 e. The fourth-order valence-electron chi connectivity index (χ4n) is 2.64. The second-order valence-electron chi connectivity index (χ2n) is 4.91. The predicted molar refractivity (Wildman–Crippen MR) is 80.6 cm³/mol. The van der Waals surface area contributed by atoms with Crippen molar-refractivity contribution in [3.8, 4) is 5.75 Å². The van der Waals surface area contributed by atoms with Crippen LogP contribution in [0, 0.1) is 0 Å². The van der Waals surface area contributed by atoms with Crippen molar-refractivity contribution in [2.45, 2.75) is 32.4 Å². The van der Waals surface area contributed by atoms with Gasteiger partial charge in [0.2, 0.25) is 0 Å². The Kier molecular flexibility index (Phi) is 5.67. The Morgan fingerprint density at radius 2 is 2.26 bits per heavy atom. The average Bonchev–Trinajstić information content (AvgIpc) is 2.40. The number of nitrogens with zero attached hydrogens (tertiary/aromatic N) is 1. The quantitative estimate of drug-likeness (QED) is 0.826. The highest BCUT2D eigenvalue weighted by Crippen LogP contribution is 2.25. The van der Waals surface area contributed by atoms with Crippen molar-refractivity contribution in [1.29, 1.82) is 0 Å². The summed E-state index contributed by atoms with van der Waals surface area (Å²) in [5, 5.41) is 0. The molecule has 0 amide bonds. The van der Waals surface area contributed by atoms with E-state index in [0.717, 1.165) is 36.5 Å². The second-order valence-corrected chi connectivity index (χ2v) is 5.83. The molecule has 4 heteroatoms. The lowest BCUT2D eigenvalue weighted by molar-refractivity contribution is 0.00346. The number of benzene rings is 1. The highest BCUT2D eigenvalue weighted by atomic mass is 79.9. The summed E-state index contributed by atoms with van der Waals surface area (Å²) >= 11 is 3.53. The molecule has 1 saturated heterocycles. The van der Waals surface area contributed by atoms with Crippen LogP contribution in [0.25, 0.3) is 0 Å². The Bertz CT molecular complexity index is 409. The van der Waals surface area contributed by atoms with Gasteiger partial charge in [-0.2, -0.15) is 0 Å². The van der Waals surface area contributed by atoms with E-state index in [1.165, 1.54) is 18.4 Å². The first-order valence-corrected chi connectivity index (χ1v) is 7.68. The van der Waals surface area contributed by atoms with Crippen molar-refractivity contribution in [2.24, 2.45) is 0 Å². The number of methoxy groups -OCH3 is 1. The van der Waals surface area contributed by atoms with E-state index in [-0.39, 0.29) is 0 Å².